The van der Waals surface area contributed by atoms with Crippen molar-refractivity contribution in [2.45, 2.75) is 33.1 Å². The normalized spacial score (nSPS) is 17.4. The number of carbonyl (C=O) groups is 1. The van der Waals surface area contributed by atoms with E-state index in [-0.39, 0.29) is 0 Å². The van der Waals surface area contributed by atoms with E-state index >= 15 is 0 Å². The summed E-state index contributed by atoms with van der Waals surface area (Å²) in [5.74, 6) is 0.729. The summed E-state index contributed by atoms with van der Waals surface area (Å²) in [6, 6.07) is 0. The molecule has 0 amide bonds. The van der Waals surface area contributed by atoms with Crippen molar-refractivity contribution >= 4 is 5.97 Å². The van der Waals surface area contributed by atoms with Crippen molar-refractivity contribution in [2.75, 3.05) is 13.2 Å². The molecule has 0 saturated heterocycles. The summed E-state index contributed by atoms with van der Waals surface area (Å²) in [4.78, 5) is 11.1. The number of rotatable bonds is 3. The number of carboxylic acid groups (broad SMARTS) is 1. The molecule has 2 heterocycles. The molecule has 4 nitrogen and oxygen atoms in total. The average molecular weight is 262 g/mol. The second-order valence-electron chi connectivity index (χ2n) is 5.36. The minimum Gasteiger partial charge on any atom is -0.493 e. The van der Waals surface area contributed by atoms with Crippen molar-refractivity contribution < 1.29 is 19.4 Å². The van der Waals surface area contributed by atoms with Crippen LogP contribution >= 0.6 is 0 Å². The zero-order valence-electron chi connectivity index (χ0n) is 11.3. The van der Waals surface area contributed by atoms with Crippen molar-refractivity contribution in [1.82, 2.24) is 0 Å². The molecule has 1 aromatic rings. The number of aliphatic carboxylic acids is 1. The van der Waals surface area contributed by atoms with Crippen LogP contribution in [0.15, 0.2) is 0 Å². The van der Waals surface area contributed by atoms with Gasteiger partial charge >= 0.3 is 5.97 Å². The molecule has 4 heteroatoms. The van der Waals surface area contributed by atoms with E-state index in [1.165, 1.54) is 11.1 Å². The molecule has 1 aromatic carbocycles. The van der Waals surface area contributed by atoms with Crippen molar-refractivity contribution in [3.05, 3.63) is 22.3 Å². The molecule has 1 atom stereocenters. The molecule has 1 N–H and O–H groups in total. The Morgan fingerprint density at radius 1 is 1.21 bits per heavy atom. The Bertz CT molecular complexity index is 513. The fraction of sp³-hybridized carbons (Fsp3) is 0.533. The van der Waals surface area contributed by atoms with Crippen LogP contribution in [-0.2, 0) is 24.1 Å². The number of ether oxygens (including phenoxy) is 2. The number of benzene rings is 1. The third-order valence-corrected chi connectivity index (χ3v) is 4.11. The van der Waals surface area contributed by atoms with E-state index in [9.17, 15) is 4.79 Å². The van der Waals surface area contributed by atoms with Crippen LogP contribution in [0.4, 0.5) is 0 Å². The highest BCUT2D eigenvalue weighted by molar-refractivity contribution is 5.71. The highest BCUT2D eigenvalue weighted by atomic mass is 16.5. The first kappa shape index (κ1) is 12.3. The highest BCUT2D eigenvalue weighted by Gasteiger charge is 2.30. The maximum Gasteiger partial charge on any atom is 0.306 e. The summed E-state index contributed by atoms with van der Waals surface area (Å²) in [5.41, 5.74) is 4.59. The fourth-order valence-electron chi connectivity index (χ4n) is 3.04. The highest BCUT2D eigenvalue weighted by Crippen LogP contribution is 2.44. The maximum absolute atomic E-state index is 11.1. The van der Waals surface area contributed by atoms with Gasteiger partial charge in [0.15, 0.2) is 0 Å². The predicted octanol–water partition coefficient (Wildman–Crippen LogP) is 2.13. The molecule has 0 radical (unpaired) electrons. The van der Waals surface area contributed by atoms with Crippen LogP contribution in [0, 0.1) is 12.8 Å². The van der Waals surface area contributed by atoms with Gasteiger partial charge in [-0.05, 0) is 18.9 Å². The lowest BCUT2D eigenvalue weighted by molar-refractivity contribution is -0.141. The molecule has 102 valence electrons. The van der Waals surface area contributed by atoms with Gasteiger partial charge in [0.1, 0.15) is 11.5 Å². The molecule has 0 bridgehead atoms. The van der Waals surface area contributed by atoms with Gasteiger partial charge in [0.2, 0.25) is 0 Å². The number of fused-ring (bicyclic) bond motifs is 2. The number of hydrogen-bond donors (Lipinski definition) is 1. The first-order valence-corrected chi connectivity index (χ1v) is 6.75. The first-order valence-electron chi connectivity index (χ1n) is 6.75. The Morgan fingerprint density at radius 3 is 2.53 bits per heavy atom. The summed E-state index contributed by atoms with van der Waals surface area (Å²) in [5, 5.41) is 9.12. The SMILES string of the molecule is Cc1c2c(c(CC(C)C(=O)O)c3c1OCC3)OCC2. The number of hydrogen-bond acceptors (Lipinski definition) is 3. The summed E-state index contributed by atoms with van der Waals surface area (Å²) in [7, 11) is 0. The van der Waals surface area contributed by atoms with Crippen molar-refractivity contribution in [3.8, 4) is 11.5 Å². The molecule has 19 heavy (non-hydrogen) atoms. The zero-order valence-corrected chi connectivity index (χ0v) is 11.3. The molecule has 0 saturated carbocycles. The quantitative estimate of drug-likeness (QED) is 0.906. The van der Waals surface area contributed by atoms with Crippen LogP contribution in [0.5, 0.6) is 11.5 Å². The molecule has 1 unspecified atom stereocenters. The molecule has 0 fully saturated rings. The van der Waals surface area contributed by atoms with E-state index in [0.717, 1.165) is 35.5 Å². The lowest BCUT2D eigenvalue weighted by atomic mass is 9.90. The second kappa shape index (κ2) is 4.44. The van der Waals surface area contributed by atoms with Gasteiger partial charge in [0.25, 0.3) is 0 Å². The summed E-state index contributed by atoms with van der Waals surface area (Å²) in [6.45, 7) is 5.19. The molecule has 2 aliphatic rings. The predicted molar refractivity (Wildman–Crippen MR) is 70.1 cm³/mol. The van der Waals surface area contributed by atoms with Gasteiger partial charge in [0.05, 0.1) is 19.1 Å². The van der Waals surface area contributed by atoms with E-state index in [0.29, 0.717) is 19.6 Å². The fourth-order valence-corrected chi connectivity index (χ4v) is 3.04. The van der Waals surface area contributed by atoms with Gasteiger partial charge in [-0.15, -0.1) is 0 Å². The van der Waals surface area contributed by atoms with E-state index in [4.69, 9.17) is 14.6 Å². The van der Waals surface area contributed by atoms with Crippen LogP contribution in [0.2, 0.25) is 0 Å². The maximum atomic E-state index is 11.1. The largest absolute Gasteiger partial charge is 0.493 e. The molecule has 0 spiro atoms. The van der Waals surface area contributed by atoms with Gasteiger partial charge in [-0.25, -0.2) is 0 Å². The van der Waals surface area contributed by atoms with Gasteiger partial charge in [-0.1, -0.05) is 6.92 Å². The van der Waals surface area contributed by atoms with E-state index < -0.39 is 11.9 Å². The molecule has 2 aliphatic heterocycles. The van der Waals surface area contributed by atoms with Crippen LogP contribution in [0.1, 0.15) is 29.2 Å². The minimum atomic E-state index is -0.764. The smallest absolute Gasteiger partial charge is 0.306 e. The topological polar surface area (TPSA) is 55.8 Å². The summed E-state index contributed by atoms with van der Waals surface area (Å²) >= 11 is 0. The monoisotopic (exact) mass is 262 g/mol. The second-order valence-corrected chi connectivity index (χ2v) is 5.36. The van der Waals surface area contributed by atoms with Crippen molar-refractivity contribution in [2.24, 2.45) is 5.92 Å². The Kier molecular flexibility index (Phi) is 2.88. The number of carboxylic acids is 1. The van der Waals surface area contributed by atoms with Gasteiger partial charge in [-0.2, -0.15) is 0 Å². The van der Waals surface area contributed by atoms with Crippen LogP contribution < -0.4 is 9.47 Å². The third-order valence-electron chi connectivity index (χ3n) is 4.11. The lowest BCUT2D eigenvalue weighted by Crippen LogP contribution is -2.14. The van der Waals surface area contributed by atoms with E-state index in [2.05, 4.69) is 6.92 Å². The lowest BCUT2D eigenvalue weighted by Gasteiger charge is -2.17. The van der Waals surface area contributed by atoms with Gasteiger partial charge < -0.3 is 14.6 Å². The van der Waals surface area contributed by atoms with Crippen LogP contribution in [0.25, 0.3) is 0 Å². The Labute approximate surface area is 112 Å². The van der Waals surface area contributed by atoms with Crippen molar-refractivity contribution in [1.29, 1.82) is 0 Å². The first-order chi connectivity index (χ1) is 9.09. The average Bonchev–Trinajstić information content (AvgIpc) is 3.02. The molecular weight excluding hydrogens is 244 g/mol. The Hall–Kier alpha value is -1.71. The van der Waals surface area contributed by atoms with E-state index in [1.807, 2.05) is 0 Å². The Balaban J connectivity index is 2.11. The molecule has 0 aliphatic carbocycles. The van der Waals surface area contributed by atoms with Crippen LogP contribution in [-0.4, -0.2) is 24.3 Å². The van der Waals surface area contributed by atoms with Gasteiger partial charge in [-0.3, -0.25) is 4.79 Å². The van der Waals surface area contributed by atoms with Crippen LogP contribution in [0.3, 0.4) is 0 Å². The summed E-state index contributed by atoms with van der Waals surface area (Å²) < 4.78 is 11.5. The third kappa shape index (κ3) is 1.86. The molecular formula is C15H18O4. The Morgan fingerprint density at radius 2 is 1.84 bits per heavy atom. The zero-order chi connectivity index (χ0) is 13.6. The minimum absolute atomic E-state index is 0.402. The van der Waals surface area contributed by atoms with Crippen molar-refractivity contribution in [3.63, 3.8) is 0 Å². The molecule has 0 aromatic heterocycles. The summed E-state index contributed by atoms with van der Waals surface area (Å²) in [6.07, 6.45) is 2.27. The van der Waals surface area contributed by atoms with Gasteiger partial charge in [0, 0.05) is 29.5 Å². The van der Waals surface area contributed by atoms with E-state index in [1.54, 1.807) is 6.92 Å². The standard InChI is InChI=1S/C15H18O4/c1-8(15(16)17)7-12-11-4-6-18-13(11)9(2)10-3-5-19-14(10)12/h8H,3-7H2,1-2H3,(H,16,17). The molecule has 3 rings (SSSR count).